The molecule has 0 aromatic carbocycles. The molecule has 2 aliphatic rings. The van der Waals surface area contributed by atoms with Crippen LogP contribution in [0.5, 0.6) is 0 Å². The van der Waals surface area contributed by atoms with Crippen LogP contribution >= 0.6 is 25.0 Å². The second kappa shape index (κ2) is 9.55. The van der Waals surface area contributed by atoms with Gasteiger partial charge < -0.3 is 10.8 Å². The molecule has 2 saturated carbocycles. The maximum atomic E-state index is 10.5. The maximum absolute atomic E-state index is 10.5. The molecule has 0 saturated heterocycles. The Hall–Kier alpha value is 0.560. The standard InChI is InChI=1S/C16H31NOS.ClH/c17-14(11-12-7-3-1-4-8-12)15(18)16(19)13-9-5-2-6-10-13;/h12-16,18-19H,1-11,17H2;1H. The molecule has 0 heterocycles. The summed E-state index contributed by atoms with van der Waals surface area (Å²) in [6, 6.07) is -0.0764. The Morgan fingerprint density at radius 3 is 2.00 bits per heavy atom. The van der Waals surface area contributed by atoms with Crippen LogP contribution in [-0.4, -0.2) is 22.5 Å². The van der Waals surface area contributed by atoms with Crippen molar-refractivity contribution in [3.05, 3.63) is 0 Å². The maximum Gasteiger partial charge on any atom is 0.0809 e. The second-order valence-electron chi connectivity index (χ2n) is 6.78. The van der Waals surface area contributed by atoms with E-state index < -0.39 is 6.10 Å². The van der Waals surface area contributed by atoms with Crippen molar-refractivity contribution in [3.8, 4) is 0 Å². The van der Waals surface area contributed by atoms with Crippen molar-refractivity contribution in [1.82, 2.24) is 0 Å². The number of aliphatic hydroxyl groups excluding tert-OH is 1. The van der Waals surface area contributed by atoms with Crippen molar-refractivity contribution in [3.63, 3.8) is 0 Å². The molecule has 0 bridgehead atoms. The molecule has 2 aliphatic carbocycles. The highest BCUT2D eigenvalue weighted by Crippen LogP contribution is 2.33. The minimum Gasteiger partial charge on any atom is -0.390 e. The molecule has 4 heteroatoms. The number of aliphatic hydroxyl groups is 1. The van der Waals surface area contributed by atoms with E-state index in [0.29, 0.717) is 5.92 Å². The highest BCUT2D eigenvalue weighted by Gasteiger charge is 2.31. The lowest BCUT2D eigenvalue weighted by Gasteiger charge is -2.34. The van der Waals surface area contributed by atoms with Gasteiger partial charge in [0, 0.05) is 11.3 Å². The molecule has 2 fully saturated rings. The lowest BCUT2D eigenvalue weighted by atomic mass is 9.80. The number of hydrogen-bond acceptors (Lipinski definition) is 3. The van der Waals surface area contributed by atoms with Crippen molar-refractivity contribution in [2.45, 2.75) is 88.0 Å². The van der Waals surface area contributed by atoms with Crippen LogP contribution in [0.3, 0.4) is 0 Å². The largest absolute Gasteiger partial charge is 0.390 e. The third-order valence-electron chi connectivity index (χ3n) is 5.25. The van der Waals surface area contributed by atoms with Gasteiger partial charge in [0.2, 0.25) is 0 Å². The summed E-state index contributed by atoms with van der Waals surface area (Å²) < 4.78 is 0. The first-order chi connectivity index (χ1) is 9.18. The van der Waals surface area contributed by atoms with Gasteiger partial charge in [-0.25, -0.2) is 0 Å². The first kappa shape index (κ1) is 18.6. The number of thiol groups is 1. The summed E-state index contributed by atoms with van der Waals surface area (Å²) in [5.74, 6) is 1.31. The van der Waals surface area contributed by atoms with Crippen molar-refractivity contribution in [2.75, 3.05) is 0 Å². The molecule has 2 nitrogen and oxygen atoms in total. The summed E-state index contributed by atoms with van der Waals surface area (Å²) in [7, 11) is 0. The van der Waals surface area contributed by atoms with Gasteiger partial charge in [-0.2, -0.15) is 12.6 Å². The van der Waals surface area contributed by atoms with Gasteiger partial charge in [0.05, 0.1) is 6.10 Å². The zero-order valence-corrected chi connectivity index (χ0v) is 14.3. The Morgan fingerprint density at radius 2 is 1.45 bits per heavy atom. The summed E-state index contributed by atoms with van der Waals surface area (Å²) in [5, 5.41) is 10.6. The minimum absolute atomic E-state index is 0. The summed E-state index contributed by atoms with van der Waals surface area (Å²) in [5.41, 5.74) is 6.26. The first-order valence-electron chi connectivity index (χ1n) is 8.30. The Bertz CT molecular complexity index is 255. The quantitative estimate of drug-likeness (QED) is 0.671. The van der Waals surface area contributed by atoms with E-state index in [4.69, 9.17) is 18.4 Å². The third-order valence-corrected chi connectivity index (χ3v) is 5.98. The molecule has 0 aromatic heterocycles. The molecule has 20 heavy (non-hydrogen) atoms. The number of nitrogens with two attached hydrogens (primary N) is 1. The van der Waals surface area contributed by atoms with Crippen molar-refractivity contribution in [1.29, 1.82) is 0 Å². The summed E-state index contributed by atoms with van der Waals surface area (Å²) in [6.07, 6.45) is 13.6. The number of rotatable bonds is 5. The van der Waals surface area contributed by atoms with E-state index in [1.807, 2.05) is 0 Å². The fraction of sp³-hybridized carbons (Fsp3) is 1.00. The lowest BCUT2D eigenvalue weighted by molar-refractivity contribution is 0.100. The van der Waals surface area contributed by atoms with Crippen LogP contribution in [0, 0.1) is 11.8 Å². The molecule has 3 N–H and O–H groups in total. The molecular weight excluding hydrogens is 290 g/mol. The molecule has 120 valence electrons. The molecule has 0 aromatic rings. The average Bonchev–Trinajstić information content (AvgIpc) is 2.47. The summed E-state index contributed by atoms with van der Waals surface area (Å²) >= 11 is 4.70. The van der Waals surface area contributed by atoms with Gasteiger partial charge in [-0.1, -0.05) is 51.4 Å². The zero-order valence-electron chi connectivity index (χ0n) is 12.5. The van der Waals surface area contributed by atoms with E-state index in [9.17, 15) is 5.11 Å². The second-order valence-corrected chi connectivity index (χ2v) is 7.38. The lowest BCUT2D eigenvalue weighted by Crippen LogP contribution is -2.45. The Labute approximate surface area is 136 Å². The molecule has 0 spiro atoms. The van der Waals surface area contributed by atoms with E-state index in [0.717, 1.165) is 12.3 Å². The van der Waals surface area contributed by atoms with Gasteiger partial charge in [-0.3, -0.25) is 0 Å². The highest BCUT2D eigenvalue weighted by molar-refractivity contribution is 7.81. The topological polar surface area (TPSA) is 46.2 Å². The van der Waals surface area contributed by atoms with Crippen molar-refractivity contribution >= 4 is 25.0 Å². The number of hydrogen-bond donors (Lipinski definition) is 3. The molecule has 3 unspecified atom stereocenters. The predicted molar refractivity (Wildman–Crippen MR) is 91.8 cm³/mol. The van der Waals surface area contributed by atoms with E-state index in [2.05, 4.69) is 0 Å². The van der Waals surface area contributed by atoms with Crippen LogP contribution in [0.2, 0.25) is 0 Å². The van der Waals surface area contributed by atoms with Crippen LogP contribution in [0.15, 0.2) is 0 Å². The van der Waals surface area contributed by atoms with Crippen LogP contribution in [-0.2, 0) is 0 Å². The third kappa shape index (κ3) is 5.40. The van der Waals surface area contributed by atoms with E-state index in [1.54, 1.807) is 0 Å². The van der Waals surface area contributed by atoms with E-state index >= 15 is 0 Å². The smallest absolute Gasteiger partial charge is 0.0809 e. The first-order valence-corrected chi connectivity index (χ1v) is 8.82. The fourth-order valence-corrected chi connectivity index (χ4v) is 4.47. The summed E-state index contributed by atoms with van der Waals surface area (Å²) in [4.78, 5) is 0. The average molecular weight is 322 g/mol. The van der Waals surface area contributed by atoms with Crippen LogP contribution in [0.1, 0.15) is 70.6 Å². The monoisotopic (exact) mass is 321 g/mol. The molecule has 2 rings (SSSR count). The molecular formula is C16H32ClNOS. The fourth-order valence-electron chi connectivity index (χ4n) is 3.95. The molecule has 0 aliphatic heterocycles. The predicted octanol–water partition coefficient (Wildman–Crippen LogP) is 3.95. The Morgan fingerprint density at radius 1 is 0.950 bits per heavy atom. The van der Waals surface area contributed by atoms with Gasteiger partial charge in [0.15, 0.2) is 0 Å². The van der Waals surface area contributed by atoms with Gasteiger partial charge in [0.1, 0.15) is 0 Å². The molecule has 3 atom stereocenters. The highest BCUT2D eigenvalue weighted by atomic mass is 35.5. The molecule has 0 radical (unpaired) electrons. The van der Waals surface area contributed by atoms with E-state index in [1.165, 1.54) is 64.2 Å². The van der Waals surface area contributed by atoms with Gasteiger partial charge in [-0.05, 0) is 31.1 Å². The minimum atomic E-state index is -0.423. The van der Waals surface area contributed by atoms with Gasteiger partial charge in [0.25, 0.3) is 0 Å². The number of halogens is 1. The Kier molecular flexibility index (Phi) is 8.89. The summed E-state index contributed by atoms with van der Waals surface area (Å²) in [6.45, 7) is 0. The normalized spacial score (nSPS) is 26.6. The van der Waals surface area contributed by atoms with Gasteiger partial charge >= 0.3 is 0 Å². The van der Waals surface area contributed by atoms with Crippen molar-refractivity contribution < 1.29 is 5.11 Å². The van der Waals surface area contributed by atoms with Crippen LogP contribution < -0.4 is 5.73 Å². The zero-order chi connectivity index (χ0) is 13.7. The van der Waals surface area contributed by atoms with Crippen molar-refractivity contribution in [2.24, 2.45) is 17.6 Å². The van der Waals surface area contributed by atoms with Gasteiger partial charge in [-0.15, -0.1) is 12.4 Å². The Balaban J connectivity index is 0.00000200. The van der Waals surface area contributed by atoms with Crippen LogP contribution in [0.25, 0.3) is 0 Å². The molecule has 0 amide bonds. The SMILES string of the molecule is Cl.NC(CC1CCCCC1)C(O)C(S)C1CCCCC1. The van der Waals surface area contributed by atoms with E-state index in [-0.39, 0.29) is 23.7 Å². The van der Waals surface area contributed by atoms with Crippen LogP contribution in [0.4, 0.5) is 0 Å².